The Bertz CT molecular complexity index is 390. The second-order valence-corrected chi connectivity index (χ2v) is 3.26. The van der Waals surface area contributed by atoms with Gasteiger partial charge in [0.25, 0.3) is 5.69 Å². The summed E-state index contributed by atoms with van der Waals surface area (Å²) < 4.78 is 4.47. The molecule has 1 aromatic carbocycles. The number of nitro benzene ring substituents is 1. The summed E-state index contributed by atoms with van der Waals surface area (Å²) in [6.07, 6.45) is 0.296. The van der Waals surface area contributed by atoms with E-state index >= 15 is 0 Å². The molecule has 1 atom stereocenters. The Balaban J connectivity index is 0.00000137. The van der Waals surface area contributed by atoms with Crippen molar-refractivity contribution in [1.82, 2.24) is 0 Å². The van der Waals surface area contributed by atoms with Gasteiger partial charge in [-0.25, -0.2) is 0 Å². The summed E-state index contributed by atoms with van der Waals surface area (Å²) in [6, 6.07) is 5.15. The second-order valence-electron chi connectivity index (χ2n) is 3.26. The first kappa shape index (κ1) is 16.1. The number of benzene rings is 1. The van der Waals surface area contributed by atoms with Crippen molar-refractivity contribution in [3.05, 3.63) is 39.9 Å². The normalized spacial score (nSPS) is 10.9. The largest absolute Gasteiger partial charge is 0.468 e. The molecule has 0 saturated carbocycles. The van der Waals surface area contributed by atoms with Crippen molar-refractivity contribution in [1.29, 1.82) is 0 Å². The molecule has 0 aliphatic carbocycles. The van der Waals surface area contributed by atoms with Crippen LogP contribution in [0.3, 0.4) is 0 Å². The number of carbonyl (C=O) groups excluding carboxylic acids is 1. The van der Waals surface area contributed by atoms with Crippen LogP contribution in [0.25, 0.3) is 0 Å². The van der Waals surface area contributed by atoms with Crippen molar-refractivity contribution in [2.45, 2.75) is 26.3 Å². The molecule has 2 N–H and O–H groups in total. The number of hydrogen-bond donors (Lipinski definition) is 1. The standard InChI is InChI=1S/C10H12N2O4.C2H6/c1-16-10(13)9(11)6-7-2-4-8(5-3-7)12(14)15;1-2/h2-5,9H,6,11H2,1H3;1-2H3. The highest BCUT2D eigenvalue weighted by molar-refractivity contribution is 5.75. The summed E-state index contributed by atoms with van der Waals surface area (Å²) in [5, 5.41) is 10.4. The quantitative estimate of drug-likeness (QED) is 0.501. The van der Waals surface area contributed by atoms with Crippen LogP contribution in [0.4, 0.5) is 5.69 Å². The number of non-ortho nitro benzene ring substituents is 1. The van der Waals surface area contributed by atoms with Gasteiger partial charge in [0.2, 0.25) is 0 Å². The van der Waals surface area contributed by atoms with Gasteiger partial charge >= 0.3 is 5.97 Å². The number of nitro groups is 1. The Morgan fingerprint density at radius 3 is 2.28 bits per heavy atom. The molecule has 6 nitrogen and oxygen atoms in total. The van der Waals surface area contributed by atoms with Crippen molar-refractivity contribution in [2.75, 3.05) is 7.11 Å². The molecule has 0 heterocycles. The van der Waals surface area contributed by atoms with E-state index in [9.17, 15) is 14.9 Å². The fraction of sp³-hybridized carbons (Fsp3) is 0.417. The van der Waals surface area contributed by atoms with Crippen LogP contribution in [-0.2, 0) is 16.0 Å². The topological polar surface area (TPSA) is 95.5 Å². The minimum atomic E-state index is -0.744. The summed E-state index contributed by atoms with van der Waals surface area (Å²) in [5.41, 5.74) is 6.31. The lowest BCUT2D eigenvalue weighted by molar-refractivity contribution is -0.384. The van der Waals surface area contributed by atoms with Crippen LogP contribution in [0.2, 0.25) is 0 Å². The zero-order valence-electron chi connectivity index (χ0n) is 10.8. The van der Waals surface area contributed by atoms with Crippen LogP contribution in [0, 0.1) is 10.1 Å². The van der Waals surface area contributed by atoms with Crippen LogP contribution < -0.4 is 5.73 Å². The highest BCUT2D eigenvalue weighted by Gasteiger charge is 2.14. The minimum Gasteiger partial charge on any atom is -0.468 e. The molecule has 0 aliphatic rings. The monoisotopic (exact) mass is 254 g/mol. The number of rotatable bonds is 4. The fourth-order valence-electron chi connectivity index (χ4n) is 1.24. The Morgan fingerprint density at radius 1 is 1.39 bits per heavy atom. The van der Waals surface area contributed by atoms with Gasteiger partial charge in [-0.2, -0.15) is 0 Å². The van der Waals surface area contributed by atoms with Gasteiger partial charge in [0.1, 0.15) is 6.04 Å². The van der Waals surface area contributed by atoms with Crippen molar-refractivity contribution >= 4 is 11.7 Å². The van der Waals surface area contributed by atoms with Gasteiger partial charge < -0.3 is 10.5 Å². The van der Waals surface area contributed by atoms with E-state index in [0.29, 0.717) is 6.42 Å². The third-order valence-electron chi connectivity index (χ3n) is 2.11. The highest BCUT2D eigenvalue weighted by atomic mass is 16.6. The first-order valence-corrected chi connectivity index (χ1v) is 5.61. The van der Waals surface area contributed by atoms with E-state index in [1.165, 1.54) is 19.2 Å². The molecule has 1 rings (SSSR count). The smallest absolute Gasteiger partial charge is 0.322 e. The van der Waals surface area contributed by atoms with Gasteiger partial charge in [-0.15, -0.1) is 0 Å². The number of nitrogens with zero attached hydrogens (tertiary/aromatic N) is 1. The average molecular weight is 254 g/mol. The van der Waals surface area contributed by atoms with E-state index in [2.05, 4.69) is 4.74 Å². The fourth-order valence-corrected chi connectivity index (χ4v) is 1.24. The maximum atomic E-state index is 11.0. The predicted octanol–water partition coefficient (Wildman–Crippen LogP) is 1.66. The molecule has 100 valence electrons. The lowest BCUT2D eigenvalue weighted by Gasteiger charge is -2.08. The lowest BCUT2D eigenvalue weighted by atomic mass is 10.1. The van der Waals surface area contributed by atoms with Gasteiger partial charge in [-0.1, -0.05) is 26.0 Å². The molecule has 0 radical (unpaired) electrons. The van der Waals surface area contributed by atoms with Gasteiger partial charge in [-0.05, 0) is 12.0 Å². The molecular formula is C12H18N2O4. The molecule has 1 aromatic rings. The van der Waals surface area contributed by atoms with E-state index in [-0.39, 0.29) is 5.69 Å². The predicted molar refractivity (Wildman–Crippen MR) is 68.1 cm³/mol. The van der Waals surface area contributed by atoms with Crippen LogP contribution in [0.5, 0.6) is 0 Å². The maximum absolute atomic E-state index is 11.0. The molecule has 0 bridgehead atoms. The average Bonchev–Trinajstić information content (AvgIpc) is 2.40. The summed E-state index contributed by atoms with van der Waals surface area (Å²) in [6.45, 7) is 4.00. The van der Waals surface area contributed by atoms with Gasteiger partial charge in [0.05, 0.1) is 12.0 Å². The van der Waals surface area contributed by atoms with E-state index in [1.54, 1.807) is 12.1 Å². The molecule has 18 heavy (non-hydrogen) atoms. The van der Waals surface area contributed by atoms with Gasteiger partial charge in [0, 0.05) is 12.1 Å². The Hall–Kier alpha value is -1.95. The number of hydrogen-bond acceptors (Lipinski definition) is 5. The SMILES string of the molecule is CC.COC(=O)C(N)Cc1ccc([N+](=O)[O-])cc1. The summed E-state index contributed by atoms with van der Waals surface area (Å²) in [4.78, 5) is 20.9. The first-order valence-electron chi connectivity index (χ1n) is 5.61. The third-order valence-corrected chi connectivity index (χ3v) is 2.11. The Labute approximate surface area is 106 Å². The summed E-state index contributed by atoms with van der Waals surface area (Å²) in [5.74, 6) is -0.502. The minimum absolute atomic E-state index is 0.00962. The Kier molecular flexibility index (Phi) is 7.30. The van der Waals surface area contributed by atoms with Gasteiger partial charge in [0.15, 0.2) is 0 Å². The maximum Gasteiger partial charge on any atom is 0.322 e. The van der Waals surface area contributed by atoms with Crippen molar-refractivity contribution < 1.29 is 14.5 Å². The molecule has 1 unspecified atom stereocenters. The molecule has 6 heteroatoms. The summed E-state index contributed by atoms with van der Waals surface area (Å²) in [7, 11) is 1.26. The van der Waals surface area contributed by atoms with Crippen LogP contribution >= 0.6 is 0 Å². The molecule has 0 saturated heterocycles. The molecule has 0 aromatic heterocycles. The number of ether oxygens (including phenoxy) is 1. The zero-order valence-corrected chi connectivity index (χ0v) is 10.8. The molecule has 0 fully saturated rings. The zero-order chi connectivity index (χ0) is 14.1. The van der Waals surface area contributed by atoms with Crippen molar-refractivity contribution in [3.63, 3.8) is 0 Å². The molecule has 0 spiro atoms. The highest BCUT2D eigenvalue weighted by Crippen LogP contribution is 2.12. The van der Waals surface area contributed by atoms with E-state index in [1.807, 2.05) is 13.8 Å². The van der Waals surface area contributed by atoms with E-state index in [4.69, 9.17) is 5.73 Å². The van der Waals surface area contributed by atoms with Crippen LogP contribution in [0.15, 0.2) is 24.3 Å². The second kappa shape index (κ2) is 8.19. The van der Waals surface area contributed by atoms with E-state index in [0.717, 1.165) is 5.56 Å². The van der Waals surface area contributed by atoms with Crippen LogP contribution in [0.1, 0.15) is 19.4 Å². The van der Waals surface area contributed by atoms with Gasteiger partial charge in [-0.3, -0.25) is 14.9 Å². The number of nitrogens with two attached hydrogens (primary N) is 1. The first-order chi connectivity index (χ1) is 8.54. The molecule has 0 aliphatic heterocycles. The number of carbonyl (C=O) groups is 1. The lowest BCUT2D eigenvalue weighted by Crippen LogP contribution is -2.33. The number of methoxy groups -OCH3 is 1. The number of esters is 1. The molecular weight excluding hydrogens is 236 g/mol. The summed E-state index contributed by atoms with van der Waals surface area (Å²) >= 11 is 0. The van der Waals surface area contributed by atoms with Crippen molar-refractivity contribution in [3.8, 4) is 0 Å². The Morgan fingerprint density at radius 2 is 1.89 bits per heavy atom. The van der Waals surface area contributed by atoms with Crippen LogP contribution in [-0.4, -0.2) is 24.0 Å². The van der Waals surface area contributed by atoms with E-state index < -0.39 is 16.9 Å². The van der Waals surface area contributed by atoms with Crippen molar-refractivity contribution in [2.24, 2.45) is 5.73 Å². The third kappa shape index (κ3) is 4.92. The molecule has 0 amide bonds.